The van der Waals surface area contributed by atoms with Gasteiger partial charge in [0, 0.05) is 127 Å². The maximum absolute atomic E-state index is 8.93. The van der Waals surface area contributed by atoms with Crippen LogP contribution in [0.15, 0.2) is 237 Å². The molecule has 716 valence electrons. The van der Waals surface area contributed by atoms with Crippen LogP contribution in [0.4, 0.5) is 0 Å². The summed E-state index contributed by atoms with van der Waals surface area (Å²) in [6.07, 6.45) is 6.69. The van der Waals surface area contributed by atoms with Crippen molar-refractivity contribution in [2.24, 2.45) is 35.2 Å². The van der Waals surface area contributed by atoms with Crippen molar-refractivity contribution >= 4 is 0 Å². The molecule has 136 heavy (non-hydrogen) atoms. The Hall–Kier alpha value is -11.8. The van der Waals surface area contributed by atoms with Crippen LogP contribution in [0, 0.1) is 76.1 Å². The van der Waals surface area contributed by atoms with Gasteiger partial charge in [-0.25, -0.2) is 0 Å². The summed E-state index contributed by atoms with van der Waals surface area (Å²) in [7, 11) is 8.74. The molecule has 4 atom stereocenters. The van der Waals surface area contributed by atoms with Gasteiger partial charge in [0.15, 0.2) is 41.4 Å². The Morgan fingerprint density at radius 2 is 0.544 bits per heavy atom. The molecule has 5 aliphatic rings. The molecule has 0 aliphatic carbocycles. The number of hydrogen-bond acceptors (Lipinski definition) is 0. The minimum absolute atomic E-state index is 0. The average molecular weight is 1870 g/mol. The van der Waals surface area contributed by atoms with Crippen molar-refractivity contribution in [3.05, 3.63) is 355 Å². The predicted molar refractivity (Wildman–Crippen MR) is 578 cm³/mol. The molecule has 0 bridgehead atoms. The van der Waals surface area contributed by atoms with Gasteiger partial charge < -0.3 is 0 Å². The molecule has 0 spiro atoms. The SMILES string of the molecule is C.C.C.C.C.[2H]C([2H])([2H])C1(C([2H])([2H])[2H])c2cccc(C)c2-n2c(c(-c3c(C)cccc3C)c[n+]2C)C1(C([2H])([2H])[2H])C([2H])([2H])[2H].[2H]C([2H])([2H])C1(C)c2c(-c3c(C)cccc3C)c[n+](C)n2-c2c(C)cccc2C1(C([2H])([2H])[2H])C([2H])([2H])[2H].[2H]C([2H])([2H])C1(C)c2c(-c3ccccc3)c[n+](C)n2-c2c(C)cccc2C1(C([2H])([2H])[2H])C([2H])([2H])[2H].[2H]C([2H])([2H])C1(C)c2cc[n+](C)n2-c2c(C)cccc2C1(C([2H])([2H])[2H])C([2H])([2H])[2H].[2H]C([2H])([2H])c1cc(C)cc(-c2c(-c3ccccc3)c3n([n+]2C)-c2c(C)cccc2C(C)(C)C3(C)C([2H])([2H])[2H])c1. The fraction of sp³-hybridized carbons (Fsp3) is 0.405. The molecular weight excluding hydrogens is 1650 g/mol. The summed E-state index contributed by atoms with van der Waals surface area (Å²) in [4.78, 5) is 0. The standard InChI is InChI=1S/C31H35N2.2C25H31N2.C23H27N2.C17H23N2.5CH4/c1-20-17-21(2)19-24(18-20)28-26(23-14-10-9-11-15-23)29-31(6,7)30(4,5)25-16-12-13-22(3)27(25)33(29)32(28)8;2*1-16-11-9-12-17(2)21(16)19-15-26(8)27-22-18(3)13-10-14-20(22)24(4,5)25(6,7)23(19)27;1-16-11-10-14-19-20(16)25-21(23(4,5)22(19,2)3)18(15-24(25)6)17-12-8-7-9-13-17;1-12-8-7-9-13-15(12)19-14(10-11-18(19)6)17(4,5)16(13,2)3;;;;;/h9-19H,1-8H3;2*9-15H,1-8H3;7-15H,1-6H3;7-11H,1-6H3;5*1H4/q5*+1;;;;;/i1D3,6D3;4D3,5D3,6D3,7D3;4D3,5D3,6D3;2*2D3,3D3,4D3;;;;;. The fourth-order valence-electron chi connectivity index (χ4n) is 20.9. The molecule has 0 saturated heterocycles. The van der Waals surface area contributed by atoms with Crippen molar-refractivity contribution in [3.8, 4) is 84.2 Å². The molecule has 10 heteroatoms. The molecule has 10 nitrogen and oxygen atoms in total. The Balaban J connectivity index is 0.000000209. The molecule has 0 N–H and O–H groups in total. The molecule has 10 aromatic carbocycles. The lowest BCUT2D eigenvalue weighted by molar-refractivity contribution is -0.745. The maximum atomic E-state index is 8.93. The molecule has 0 radical (unpaired) electrons. The second-order valence-corrected chi connectivity index (χ2v) is 37.9. The summed E-state index contributed by atoms with van der Waals surface area (Å²) < 4.78 is 404. The molecule has 15 aromatic rings. The second-order valence-electron chi connectivity index (χ2n) is 37.9. The van der Waals surface area contributed by atoms with Crippen molar-refractivity contribution in [1.29, 1.82) is 0 Å². The highest BCUT2D eigenvalue weighted by atomic mass is 15.4. The molecular formula is C126H167N10+5. The van der Waals surface area contributed by atoms with Gasteiger partial charge in [0.2, 0.25) is 24.3 Å². The van der Waals surface area contributed by atoms with E-state index in [0.29, 0.717) is 78.4 Å². The minimum atomic E-state index is -3.61. The normalized spacial score (nSPS) is 25.3. The lowest BCUT2D eigenvalue weighted by atomic mass is 9.59. The molecule has 5 aromatic heterocycles. The third-order valence-electron chi connectivity index (χ3n) is 28.5. The van der Waals surface area contributed by atoms with Crippen LogP contribution in [0.2, 0.25) is 0 Å². The van der Waals surface area contributed by atoms with E-state index in [2.05, 4.69) is 17.7 Å². The first-order chi connectivity index (χ1) is 80.0. The fourth-order valence-corrected chi connectivity index (χ4v) is 20.9. The molecule has 5 aliphatic heterocycles. The van der Waals surface area contributed by atoms with Gasteiger partial charge in [-0.15, -0.1) is 46.8 Å². The molecule has 0 amide bonds. The van der Waals surface area contributed by atoms with Crippen LogP contribution >= 0.6 is 0 Å². The third-order valence-corrected chi connectivity index (χ3v) is 28.5. The van der Waals surface area contributed by atoms with E-state index in [1.54, 1.807) is 220 Å². The highest BCUT2D eigenvalue weighted by Gasteiger charge is 2.58. The summed E-state index contributed by atoms with van der Waals surface area (Å²) in [5.74, 6) is 0. The van der Waals surface area contributed by atoms with E-state index < -0.39 is 157 Å². The highest BCUT2D eigenvalue weighted by molar-refractivity contribution is 5.85. The van der Waals surface area contributed by atoms with E-state index in [0.717, 1.165) is 61.5 Å². The summed E-state index contributed by atoms with van der Waals surface area (Å²) in [5, 5.41) is 0. The van der Waals surface area contributed by atoms with E-state index in [4.69, 9.17) is 61.7 Å². The molecule has 4 unspecified atom stereocenters. The highest BCUT2D eigenvalue weighted by Crippen LogP contribution is 2.59. The van der Waals surface area contributed by atoms with Crippen LogP contribution in [0.1, 0.15) is 354 Å². The zero-order chi connectivity index (χ0) is 133. The minimum Gasteiger partial charge on any atom is -0.124 e. The second kappa shape index (κ2) is 36.3. The number of hydrogen-bond donors (Lipinski definition) is 0. The van der Waals surface area contributed by atoms with Crippen LogP contribution in [0.5, 0.6) is 0 Å². The van der Waals surface area contributed by atoms with E-state index in [1.807, 2.05) is 126 Å². The van der Waals surface area contributed by atoms with Gasteiger partial charge in [0.25, 0.3) is 0 Å². The number of fused-ring (bicyclic) bond motifs is 15. The van der Waals surface area contributed by atoms with Crippen LogP contribution < -0.4 is 23.4 Å². The lowest BCUT2D eigenvalue weighted by Crippen LogP contribution is -2.51. The summed E-state index contributed by atoms with van der Waals surface area (Å²) in [5.41, 5.74) is -5.92. The van der Waals surface area contributed by atoms with Crippen LogP contribution in [-0.4, -0.2) is 23.4 Å². The van der Waals surface area contributed by atoms with Gasteiger partial charge in [-0.3, -0.25) is 0 Å². The summed E-state index contributed by atoms with van der Waals surface area (Å²) >= 11 is 0. The largest absolute Gasteiger partial charge is 0.246 e. The first kappa shape index (κ1) is 58.7. The zero-order valence-electron chi connectivity index (χ0n) is 123. The quantitative estimate of drug-likeness (QED) is 0.154. The van der Waals surface area contributed by atoms with E-state index in [-0.39, 0.29) is 99.0 Å². The van der Waals surface area contributed by atoms with Crippen molar-refractivity contribution in [2.45, 2.75) is 305 Å². The van der Waals surface area contributed by atoms with Crippen LogP contribution in [0.25, 0.3) is 84.2 Å². The topological polar surface area (TPSA) is 44.0 Å². The number of rotatable bonds is 5. The Morgan fingerprint density at radius 1 is 0.243 bits per heavy atom. The van der Waals surface area contributed by atoms with E-state index >= 15 is 0 Å². The smallest absolute Gasteiger partial charge is 0.124 e. The number of nitrogens with zero attached hydrogens (tertiary/aromatic N) is 10. The van der Waals surface area contributed by atoms with Gasteiger partial charge in [0.05, 0.1) is 27.9 Å². The van der Waals surface area contributed by atoms with Gasteiger partial charge in [-0.1, -0.05) is 380 Å². The first-order valence-corrected chi connectivity index (χ1v) is 44.0. The van der Waals surface area contributed by atoms with Gasteiger partial charge in [0.1, 0.15) is 51.2 Å². The third kappa shape index (κ3) is 15.5. The Labute approximate surface area is 884 Å². The number of aromatic nitrogens is 10. The van der Waals surface area contributed by atoms with Gasteiger partial charge in [-0.05, 0) is 188 Å². The summed E-state index contributed by atoms with van der Waals surface area (Å²) in [6.45, 7) is -18.8. The summed E-state index contributed by atoms with van der Waals surface area (Å²) in [6, 6.07) is 61.7. The van der Waals surface area contributed by atoms with E-state index in [9.17, 15) is 0 Å². The molecule has 0 saturated carbocycles. The predicted octanol–water partition coefficient (Wildman–Crippen LogP) is 29.3. The van der Waals surface area contributed by atoms with Crippen molar-refractivity contribution in [2.75, 3.05) is 0 Å². The Kier molecular flexibility index (Phi) is 15.7. The zero-order valence-corrected chi connectivity index (χ0v) is 78.5. The van der Waals surface area contributed by atoms with Crippen molar-refractivity contribution in [1.82, 2.24) is 23.4 Å². The number of aryl methyl sites for hydroxylation is 15. The Morgan fingerprint density at radius 3 is 0.926 bits per heavy atom. The van der Waals surface area contributed by atoms with Crippen molar-refractivity contribution < 1.29 is 85.1 Å². The van der Waals surface area contributed by atoms with Crippen molar-refractivity contribution in [3.63, 3.8) is 0 Å². The molecule has 10 heterocycles. The Bertz CT molecular complexity index is 8840. The number of para-hydroxylation sites is 5. The first-order valence-electron chi connectivity index (χ1n) is 66.5. The van der Waals surface area contributed by atoms with Gasteiger partial charge >= 0.3 is 0 Å². The molecule has 20 rings (SSSR count). The molecule has 0 fully saturated rings. The lowest BCUT2D eigenvalue weighted by Gasteiger charge is -2.46. The van der Waals surface area contributed by atoms with Crippen LogP contribution in [-0.2, 0) is 89.4 Å². The van der Waals surface area contributed by atoms with E-state index in [1.165, 1.54) is 66.5 Å². The maximum Gasteiger partial charge on any atom is 0.246 e. The average Bonchev–Trinajstić information content (AvgIpc) is 1.62. The number of benzene rings is 10. The van der Waals surface area contributed by atoms with Crippen LogP contribution in [0.3, 0.4) is 0 Å². The monoisotopic (exact) mass is 1870 g/mol. The van der Waals surface area contributed by atoms with Gasteiger partial charge in [-0.2, -0.15) is 0 Å².